The molecule has 0 fully saturated rings. The summed E-state index contributed by atoms with van der Waals surface area (Å²) in [7, 11) is -2.44. The van der Waals surface area contributed by atoms with Crippen LogP contribution in [0.1, 0.15) is 24.2 Å². The predicted molar refractivity (Wildman–Crippen MR) is 175 cm³/mol. The number of ether oxygens (including phenoxy) is 1. The van der Waals surface area contributed by atoms with Crippen molar-refractivity contribution in [1.82, 2.24) is 9.80 Å². The highest BCUT2D eigenvalue weighted by molar-refractivity contribution is 7.92. The van der Waals surface area contributed by atoms with Crippen molar-refractivity contribution in [1.29, 1.82) is 0 Å². The predicted octanol–water partition coefficient (Wildman–Crippen LogP) is 5.68. The number of nitrogens with one attached hydrogen (secondary N) is 2. The van der Waals surface area contributed by atoms with E-state index < -0.39 is 28.1 Å². The highest BCUT2D eigenvalue weighted by Crippen LogP contribution is 2.36. The third-order valence-electron chi connectivity index (χ3n) is 7.89. The quantitative estimate of drug-likeness (QED) is 0.225. The van der Waals surface area contributed by atoms with Crippen LogP contribution in [0.5, 0.6) is 5.75 Å². The van der Waals surface area contributed by atoms with E-state index >= 15 is 0 Å². The van der Waals surface area contributed by atoms with Crippen LogP contribution in [0.25, 0.3) is 10.8 Å². The number of hydrogen-bond donors (Lipinski definition) is 3. The first-order valence-corrected chi connectivity index (χ1v) is 16.3. The number of fused-ring (bicyclic) bond motifs is 2. The number of rotatable bonds is 8. The van der Waals surface area contributed by atoms with Crippen LogP contribution in [0.3, 0.4) is 0 Å². The largest absolute Gasteiger partial charge is 0.485 e. The van der Waals surface area contributed by atoms with E-state index in [1.165, 1.54) is 35.2 Å². The number of anilines is 2. The number of aliphatic hydroxyl groups excluding tert-OH is 1. The molecular formula is C33H35ClN4O6S. The smallest absolute Gasteiger partial charge is 0.321 e. The second-order valence-electron chi connectivity index (χ2n) is 11.2. The van der Waals surface area contributed by atoms with Gasteiger partial charge in [0.1, 0.15) is 6.10 Å². The zero-order chi connectivity index (χ0) is 32.3. The maximum absolute atomic E-state index is 13.8. The Balaban J connectivity index is 1.47. The number of hydrogen-bond acceptors (Lipinski definition) is 6. The van der Waals surface area contributed by atoms with E-state index in [1.54, 1.807) is 31.0 Å². The first kappa shape index (κ1) is 32.1. The van der Waals surface area contributed by atoms with Crippen molar-refractivity contribution in [2.45, 2.75) is 30.9 Å². The molecule has 0 bridgehead atoms. The lowest BCUT2D eigenvalue weighted by atomic mass is 9.99. The molecule has 3 amide bonds. The average molecular weight is 651 g/mol. The summed E-state index contributed by atoms with van der Waals surface area (Å²) in [5.74, 6) is -0.689. The third kappa shape index (κ3) is 7.00. The topological polar surface area (TPSA) is 128 Å². The number of likely N-dealkylation sites (N-methyl/N-ethyl adjacent to an activating group) is 1. The van der Waals surface area contributed by atoms with Gasteiger partial charge in [0.05, 0.1) is 41.0 Å². The Labute approximate surface area is 267 Å². The van der Waals surface area contributed by atoms with E-state index in [4.69, 9.17) is 16.3 Å². The number of nitrogens with zero attached hydrogens (tertiary/aromatic N) is 2. The molecule has 236 valence electrons. The highest BCUT2D eigenvalue weighted by Gasteiger charge is 2.35. The minimum absolute atomic E-state index is 0.0213. The van der Waals surface area contributed by atoms with Crippen LogP contribution in [-0.2, 0) is 10.0 Å². The van der Waals surface area contributed by atoms with Gasteiger partial charge < -0.3 is 25.0 Å². The molecule has 4 aromatic carbocycles. The SMILES string of the molecule is C[C@H](CO)N1C[C@H](C)[C@@H](CN(C)C(=O)Nc2cccc3ccccc23)Oc2c(NS(=O)(=O)c3ccc(Cl)cc3)cccc2C1=O. The minimum Gasteiger partial charge on any atom is -0.485 e. The number of para-hydroxylation sites is 1. The van der Waals surface area contributed by atoms with Gasteiger partial charge in [0, 0.05) is 29.9 Å². The van der Waals surface area contributed by atoms with Crippen LogP contribution in [-0.4, -0.2) is 74.2 Å². The second-order valence-corrected chi connectivity index (χ2v) is 13.3. The number of carbonyl (C=O) groups is 2. The summed E-state index contributed by atoms with van der Waals surface area (Å²) in [6.07, 6.45) is -0.658. The normalized spacial score (nSPS) is 17.4. The number of aliphatic hydroxyl groups is 1. The van der Waals surface area contributed by atoms with Crippen LogP contribution < -0.4 is 14.8 Å². The van der Waals surface area contributed by atoms with E-state index in [1.807, 2.05) is 49.4 Å². The summed E-state index contributed by atoms with van der Waals surface area (Å²) < 4.78 is 35.7. The van der Waals surface area contributed by atoms with Crippen molar-refractivity contribution >= 4 is 55.7 Å². The van der Waals surface area contributed by atoms with Gasteiger partial charge in [-0.2, -0.15) is 0 Å². The van der Waals surface area contributed by atoms with Gasteiger partial charge >= 0.3 is 6.03 Å². The lowest BCUT2D eigenvalue weighted by molar-refractivity contribution is 0.0373. The van der Waals surface area contributed by atoms with Crippen LogP contribution in [0, 0.1) is 5.92 Å². The van der Waals surface area contributed by atoms with Crippen LogP contribution in [0.2, 0.25) is 5.02 Å². The standard InChI is InChI=1S/C33H35ClN4O6S/c1-21-18-38(22(2)20-39)32(40)27-11-7-13-29(36-45(42,43)25-16-14-24(34)15-17-25)31(27)44-30(21)19-37(3)33(41)35-28-12-6-9-23-8-4-5-10-26(23)28/h4-17,21-22,30,36,39H,18-20H2,1-3H3,(H,35,41)/t21-,22+,30+/m0/s1. The number of sulfonamides is 1. The van der Waals surface area contributed by atoms with Crippen LogP contribution >= 0.6 is 11.6 Å². The Kier molecular flexibility index (Phi) is 9.52. The molecule has 3 N–H and O–H groups in total. The van der Waals surface area contributed by atoms with E-state index in [0.717, 1.165) is 10.8 Å². The van der Waals surface area contributed by atoms with Gasteiger partial charge in [0.25, 0.3) is 15.9 Å². The molecule has 0 spiro atoms. The maximum Gasteiger partial charge on any atom is 0.321 e. The summed E-state index contributed by atoms with van der Waals surface area (Å²) in [6.45, 7) is 3.71. The molecule has 0 saturated carbocycles. The number of urea groups is 1. The number of carbonyl (C=O) groups excluding carboxylic acids is 2. The maximum atomic E-state index is 13.8. The zero-order valence-electron chi connectivity index (χ0n) is 25.1. The molecule has 3 atom stereocenters. The highest BCUT2D eigenvalue weighted by atomic mass is 35.5. The molecule has 0 radical (unpaired) electrons. The Morgan fingerprint density at radius 3 is 2.44 bits per heavy atom. The summed E-state index contributed by atoms with van der Waals surface area (Å²) >= 11 is 5.95. The number of benzene rings is 4. The minimum atomic E-state index is -4.08. The fourth-order valence-electron chi connectivity index (χ4n) is 5.26. The van der Waals surface area contributed by atoms with Crippen LogP contribution in [0.4, 0.5) is 16.2 Å². The van der Waals surface area contributed by atoms with Gasteiger partial charge in [-0.3, -0.25) is 9.52 Å². The van der Waals surface area contributed by atoms with Gasteiger partial charge in [0.15, 0.2) is 5.75 Å². The lowest BCUT2D eigenvalue weighted by Gasteiger charge is -2.38. The van der Waals surface area contributed by atoms with Gasteiger partial charge in [-0.15, -0.1) is 0 Å². The Bertz CT molecular complexity index is 1810. The fourth-order valence-corrected chi connectivity index (χ4v) is 6.45. The molecule has 1 aliphatic heterocycles. The van der Waals surface area contributed by atoms with Crippen LogP contribution in [0.15, 0.2) is 89.8 Å². The first-order valence-electron chi connectivity index (χ1n) is 14.5. The Morgan fingerprint density at radius 2 is 1.71 bits per heavy atom. The molecule has 1 heterocycles. The molecule has 10 nitrogen and oxygen atoms in total. The summed E-state index contributed by atoms with van der Waals surface area (Å²) in [6, 6.07) is 22.8. The van der Waals surface area contributed by atoms with E-state index in [0.29, 0.717) is 10.7 Å². The van der Waals surface area contributed by atoms with Crippen molar-refractivity contribution in [2.75, 3.05) is 36.8 Å². The van der Waals surface area contributed by atoms with Crippen molar-refractivity contribution in [3.05, 3.63) is 95.5 Å². The molecule has 4 aromatic rings. The molecular weight excluding hydrogens is 616 g/mol. The van der Waals surface area contributed by atoms with E-state index in [2.05, 4.69) is 10.0 Å². The van der Waals surface area contributed by atoms with Gasteiger partial charge in [0.2, 0.25) is 0 Å². The fraction of sp³-hybridized carbons (Fsp3) is 0.273. The lowest BCUT2D eigenvalue weighted by Crippen LogP contribution is -2.50. The molecule has 45 heavy (non-hydrogen) atoms. The monoisotopic (exact) mass is 650 g/mol. The molecule has 0 saturated heterocycles. The van der Waals surface area contributed by atoms with Crippen molar-refractivity contribution in [2.24, 2.45) is 5.92 Å². The van der Waals surface area contributed by atoms with Crippen molar-refractivity contribution in [3.63, 3.8) is 0 Å². The van der Waals surface area contributed by atoms with Gasteiger partial charge in [-0.05, 0) is 54.8 Å². The van der Waals surface area contributed by atoms with Gasteiger partial charge in [-0.1, -0.05) is 61.0 Å². The zero-order valence-corrected chi connectivity index (χ0v) is 26.7. The molecule has 1 aliphatic rings. The summed E-state index contributed by atoms with van der Waals surface area (Å²) in [5.41, 5.74) is 0.857. The van der Waals surface area contributed by atoms with E-state index in [-0.39, 0.29) is 53.5 Å². The second kappa shape index (κ2) is 13.4. The summed E-state index contributed by atoms with van der Waals surface area (Å²) in [4.78, 5) is 30.2. The Morgan fingerprint density at radius 1 is 1.04 bits per heavy atom. The molecule has 0 aromatic heterocycles. The Hall–Kier alpha value is -4.32. The molecule has 0 aliphatic carbocycles. The number of halogens is 1. The molecule has 5 rings (SSSR count). The molecule has 12 heteroatoms. The van der Waals surface area contributed by atoms with Gasteiger partial charge in [-0.25, -0.2) is 13.2 Å². The van der Waals surface area contributed by atoms with Crippen molar-refractivity contribution < 1.29 is 27.9 Å². The molecule has 0 unspecified atom stereocenters. The number of amides is 3. The average Bonchev–Trinajstić information content (AvgIpc) is 3.02. The third-order valence-corrected chi connectivity index (χ3v) is 9.52. The first-order chi connectivity index (χ1) is 21.5. The summed E-state index contributed by atoms with van der Waals surface area (Å²) in [5, 5.41) is 15.2. The van der Waals surface area contributed by atoms with Crippen molar-refractivity contribution in [3.8, 4) is 5.75 Å². The van der Waals surface area contributed by atoms with E-state index in [9.17, 15) is 23.1 Å².